The highest BCUT2D eigenvalue weighted by molar-refractivity contribution is 5.49. The molecule has 7 nitrogen and oxygen atoms in total. The van der Waals surface area contributed by atoms with Gasteiger partial charge in [-0.25, -0.2) is 13.5 Å². The molecule has 1 atom stereocenters. The zero-order chi connectivity index (χ0) is 24.2. The summed E-state index contributed by atoms with van der Waals surface area (Å²) in [5, 5.41) is 12.5. The highest BCUT2D eigenvalue weighted by Gasteiger charge is 2.31. The Hall–Kier alpha value is -3.85. The summed E-state index contributed by atoms with van der Waals surface area (Å²) in [6.45, 7) is 3.61. The minimum atomic E-state index is -0.289. The molecule has 1 saturated heterocycles. The number of tetrazole rings is 1. The lowest BCUT2D eigenvalue weighted by molar-refractivity contribution is 0.201. The van der Waals surface area contributed by atoms with E-state index in [9.17, 15) is 8.78 Å². The summed E-state index contributed by atoms with van der Waals surface area (Å²) in [6.07, 6.45) is 0. The summed E-state index contributed by atoms with van der Waals surface area (Å²) < 4.78 is 34.1. The molecule has 0 N–H and O–H groups in total. The Morgan fingerprint density at radius 1 is 0.829 bits per heavy atom. The van der Waals surface area contributed by atoms with Gasteiger partial charge in [0.25, 0.3) is 0 Å². The van der Waals surface area contributed by atoms with E-state index in [0.29, 0.717) is 12.4 Å². The van der Waals surface area contributed by atoms with Gasteiger partial charge >= 0.3 is 0 Å². The Kier molecular flexibility index (Phi) is 6.67. The smallest absolute Gasteiger partial charge is 0.173 e. The fourth-order valence-corrected chi connectivity index (χ4v) is 4.48. The van der Waals surface area contributed by atoms with Gasteiger partial charge < -0.3 is 9.64 Å². The second kappa shape index (κ2) is 10.2. The monoisotopic (exact) mass is 476 g/mol. The van der Waals surface area contributed by atoms with Crippen molar-refractivity contribution in [1.82, 2.24) is 25.1 Å². The molecule has 9 heteroatoms. The largest absolute Gasteiger partial charge is 0.497 e. The maximum absolute atomic E-state index is 13.7. The molecule has 1 fully saturated rings. The molecule has 35 heavy (non-hydrogen) atoms. The predicted octanol–water partition coefficient (Wildman–Crippen LogP) is 3.92. The van der Waals surface area contributed by atoms with E-state index in [2.05, 4.69) is 37.5 Å². The summed E-state index contributed by atoms with van der Waals surface area (Å²) in [5.41, 5.74) is 2.95. The Morgan fingerprint density at radius 3 is 2.09 bits per heavy atom. The highest BCUT2D eigenvalue weighted by atomic mass is 19.1. The van der Waals surface area contributed by atoms with Crippen molar-refractivity contribution in [3.63, 3.8) is 0 Å². The van der Waals surface area contributed by atoms with Crippen molar-refractivity contribution in [1.29, 1.82) is 0 Å². The molecule has 0 radical (unpaired) electrons. The number of aromatic nitrogens is 4. The standard InChI is InChI=1S/C26H26F2N6O/c1-35-24-12-10-23(11-13-24)32-14-16-33(17-15-32)25(20-4-8-22(28)9-5-20)26-29-30-31-34(26)18-19-2-6-21(27)7-3-19/h2-13,25H,14-18H2,1H3/t25-/m1/s1. The molecule has 5 rings (SSSR count). The van der Waals surface area contributed by atoms with Crippen LogP contribution in [0.15, 0.2) is 72.8 Å². The lowest BCUT2D eigenvalue weighted by atomic mass is 10.0. The molecule has 180 valence electrons. The van der Waals surface area contributed by atoms with Crippen LogP contribution in [0.1, 0.15) is 23.0 Å². The third-order valence-corrected chi connectivity index (χ3v) is 6.35. The van der Waals surface area contributed by atoms with Gasteiger partial charge in [0.1, 0.15) is 17.4 Å². The number of piperazine rings is 1. The van der Waals surface area contributed by atoms with Crippen molar-refractivity contribution in [2.45, 2.75) is 12.6 Å². The van der Waals surface area contributed by atoms with Gasteiger partial charge in [-0.15, -0.1) is 5.10 Å². The van der Waals surface area contributed by atoms with Gasteiger partial charge in [-0.3, -0.25) is 4.90 Å². The summed E-state index contributed by atoms with van der Waals surface area (Å²) in [4.78, 5) is 4.65. The Balaban J connectivity index is 1.39. The number of anilines is 1. The average Bonchev–Trinajstić information content (AvgIpc) is 3.35. The van der Waals surface area contributed by atoms with Crippen LogP contribution in [0, 0.1) is 11.6 Å². The summed E-state index contributed by atoms with van der Waals surface area (Å²) in [7, 11) is 1.66. The first-order chi connectivity index (χ1) is 17.1. The van der Waals surface area contributed by atoms with Crippen LogP contribution >= 0.6 is 0 Å². The fraction of sp³-hybridized carbons (Fsp3) is 0.269. The van der Waals surface area contributed by atoms with Crippen molar-refractivity contribution in [2.75, 3.05) is 38.2 Å². The van der Waals surface area contributed by atoms with Crippen LogP contribution in [0.3, 0.4) is 0 Å². The van der Waals surface area contributed by atoms with Crippen LogP contribution in [-0.2, 0) is 6.54 Å². The predicted molar refractivity (Wildman–Crippen MR) is 128 cm³/mol. The van der Waals surface area contributed by atoms with Crippen LogP contribution < -0.4 is 9.64 Å². The normalized spacial score (nSPS) is 15.2. The van der Waals surface area contributed by atoms with E-state index >= 15 is 0 Å². The van der Waals surface area contributed by atoms with Gasteiger partial charge in [0.2, 0.25) is 0 Å². The van der Waals surface area contributed by atoms with E-state index in [1.54, 1.807) is 36.1 Å². The lowest BCUT2D eigenvalue weighted by Crippen LogP contribution is -2.48. The minimum Gasteiger partial charge on any atom is -0.497 e. The Bertz CT molecular complexity index is 1240. The van der Waals surface area contributed by atoms with Gasteiger partial charge in [0.15, 0.2) is 5.82 Å². The van der Waals surface area contributed by atoms with Crippen molar-refractivity contribution in [3.05, 3.63) is 101 Å². The first-order valence-electron chi connectivity index (χ1n) is 11.5. The number of benzene rings is 3. The molecule has 0 unspecified atom stereocenters. The van der Waals surface area contributed by atoms with Crippen LogP contribution in [0.4, 0.5) is 14.5 Å². The van der Waals surface area contributed by atoms with Gasteiger partial charge in [0.05, 0.1) is 19.7 Å². The molecule has 2 heterocycles. The second-order valence-corrected chi connectivity index (χ2v) is 8.50. The molecule has 0 aliphatic carbocycles. The van der Waals surface area contributed by atoms with Crippen LogP contribution in [0.2, 0.25) is 0 Å². The van der Waals surface area contributed by atoms with Crippen LogP contribution in [0.5, 0.6) is 5.75 Å². The zero-order valence-corrected chi connectivity index (χ0v) is 19.4. The molecule has 0 bridgehead atoms. The van der Waals surface area contributed by atoms with Gasteiger partial charge in [-0.05, 0) is 70.1 Å². The van der Waals surface area contributed by atoms with E-state index in [4.69, 9.17) is 4.74 Å². The van der Waals surface area contributed by atoms with E-state index in [-0.39, 0.29) is 17.7 Å². The quantitative estimate of drug-likeness (QED) is 0.403. The summed E-state index contributed by atoms with van der Waals surface area (Å²) in [6, 6.07) is 20.6. The van der Waals surface area contributed by atoms with Gasteiger partial charge in [-0.2, -0.15) is 0 Å². The van der Waals surface area contributed by atoms with Gasteiger partial charge in [-0.1, -0.05) is 24.3 Å². The zero-order valence-electron chi connectivity index (χ0n) is 19.4. The second-order valence-electron chi connectivity index (χ2n) is 8.50. The maximum atomic E-state index is 13.7. The van der Waals surface area contributed by atoms with E-state index in [0.717, 1.165) is 48.7 Å². The van der Waals surface area contributed by atoms with Crippen molar-refractivity contribution in [3.8, 4) is 5.75 Å². The van der Waals surface area contributed by atoms with Crippen molar-refractivity contribution >= 4 is 5.69 Å². The molecule has 1 aromatic heterocycles. The number of hydrogen-bond donors (Lipinski definition) is 0. The van der Waals surface area contributed by atoms with E-state index in [1.165, 1.54) is 24.3 Å². The Labute approximate surface area is 202 Å². The average molecular weight is 477 g/mol. The highest BCUT2D eigenvalue weighted by Crippen LogP contribution is 2.30. The molecule has 1 aliphatic heterocycles. The SMILES string of the molecule is COc1ccc(N2CCN([C@H](c3ccc(F)cc3)c3nnnn3Cc3ccc(F)cc3)CC2)cc1. The first-order valence-corrected chi connectivity index (χ1v) is 11.5. The third-order valence-electron chi connectivity index (χ3n) is 6.35. The summed E-state index contributed by atoms with van der Waals surface area (Å²) >= 11 is 0. The van der Waals surface area contributed by atoms with E-state index < -0.39 is 0 Å². The number of hydrogen-bond acceptors (Lipinski definition) is 6. The lowest BCUT2D eigenvalue weighted by Gasteiger charge is -2.40. The van der Waals surface area contributed by atoms with Gasteiger partial charge in [0, 0.05) is 31.9 Å². The topological polar surface area (TPSA) is 59.3 Å². The number of rotatable bonds is 7. The van der Waals surface area contributed by atoms with Crippen molar-refractivity contribution < 1.29 is 13.5 Å². The maximum Gasteiger partial charge on any atom is 0.173 e. The Morgan fingerprint density at radius 2 is 1.46 bits per heavy atom. The molecule has 0 amide bonds. The third kappa shape index (κ3) is 5.14. The number of halogens is 2. The van der Waals surface area contributed by atoms with Crippen LogP contribution in [-0.4, -0.2) is 58.4 Å². The number of nitrogens with zero attached hydrogens (tertiary/aromatic N) is 6. The first kappa shape index (κ1) is 22.9. The molecule has 0 saturated carbocycles. The molecular weight excluding hydrogens is 450 g/mol. The molecule has 1 aliphatic rings. The molecule has 0 spiro atoms. The van der Waals surface area contributed by atoms with Crippen molar-refractivity contribution in [2.24, 2.45) is 0 Å². The molecule has 3 aromatic carbocycles. The molecule has 4 aromatic rings. The minimum absolute atomic E-state index is 0.246. The summed E-state index contributed by atoms with van der Waals surface area (Å²) in [5.74, 6) is 0.919. The van der Waals surface area contributed by atoms with E-state index in [1.807, 2.05) is 12.1 Å². The fourth-order valence-electron chi connectivity index (χ4n) is 4.48. The van der Waals surface area contributed by atoms with Crippen LogP contribution in [0.25, 0.3) is 0 Å². The number of ether oxygens (including phenoxy) is 1. The number of methoxy groups -OCH3 is 1. The molecular formula is C26H26F2N6O.